The highest BCUT2D eigenvalue weighted by atomic mass is 16.5. The van der Waals surface area contributed by atoms with E-state index in [2.05, 4.69) is 15.3 Å². The molecule has 1 N–H and O–H groups in total. The quantitative estimate of drug-likeness (QED) is 0.239. The van der Waals surface area contributed by atoms with Crippen LogP contribution in [0.2, 0.25) is 0 Å². The van der Waals surface area contributed by atoms with E-state index in [0.29, 0.717) is 29.0 Å². The van der Waals surface area contributed by atoms with Gasteiger partial charge in [-0.1, -0.05) is 62.7 Å². The van der Waals surface area contributed by atoms with Crippen LogP contribution < -0.4 is 10.1 Å². The molecule has 1 aliphatic rings. The Balaban J connectivity index is 1.38. The lowest BCUT2D eigenvalue weighted by molar-refractivity contribution is -0.112. The zero-order valence-electron chi connectivity index (χ0n) is 24.5. The van der Waals surface area contributed by atoms with Gasteiger partial charge in [-0.05, 0) is 36.6 Å². The lowest BCUT2D eigenvalue weighted by atomic mass is 9.92. The highest BCUT2D eigenvalue weighted by molar-refractivity contribution is 6.48. The highest BCUT2D eigenvalue weighted by Gasteiger charge is 2.27. The molecule has 0 bridgehead atoms. The molecule has 1 saturated heterocycles. The van der Waals surface area contributed by atoms with Crippen LogP contribution in [-0.4, -0.2) is 71.7 Å². The number of aromatic nitrogens is 2. The topological polar surface area (TPSA) is 103 Å². The van der Waals surface area contributed by atoms with Crippen LogP contribution in [0.1, 0.15) is 52.7 Å². The van der Waals surface area contributed by atoms with E-state index < -0.39 is 23.0 Å². The van der Waals surface area contributed by atoms with Crippen molar-refractivity contribution in [2.75, 3.05) is 44.8 Å². The van der Waals surface area contributed by atoms with Gasteiger partial charge in [0, 0.05) is 47.6 Å². The van der Waals surface area contributed by atoms with Crippen molar-refractivity contribution in [3.63, 3.8) is 0 Å². The smallest absolute Gasteiger partial charge is 0.297 e. The molecule has 1 aromatic heterocycles. The number of nitrogens with zero attached hydrogens (tertiary/aromatic N) is 3. The minimum atomic E-state index is -0.861. The van der Waals surface area contributed by atoms with E-state index in [1.165, 1.54) is 0 Å². The van der Waals surface area contributed by atoms with Crippen LogP contribution in [0, 0.1) is 6.92 Å². The standard InChI is InChI=1S/C33H36N4O5/c1-22-8-7-9-23(20-22)32(40)37-29(21-28(35-37)33(2,3)4)34-31(39)30(38)26-12-13-27(25-11-6-5-10-24(25)26)42-19-16-36-14-17-41-18-15-36/h5-13,20-21H,14-19H2,1-4H3,(H,34,39). The van der Waals surface area contributed by atoms with E-state index in [0.717, 1.165) is 48.5 Å². The number of rotatable bonds is 8. The van der Waals surface area contributed by atoms with E-state index in [1.807, 2.05) is 52.0 Å². The number of amides is 1. The maximum absolute atomic E-state index is 13.5. The first-order chi connectivity index (χ1) is 20.1. The highest BCUT2D eigenvalue weighted by Crippen LogP contribution is 2.30. The summed E-state index contributed by atoms with van der Waals surface area (Å²) in [6.07, 6.45) is 0. The van der Waals surface area contributed by atoms with Crippen molar-refractivity contribution in [2.45, 2.75) is 33.1 Å². The van der Waals surface area contributed by atoms with Gasteiger partial charge in [-0.25, -0.2) is 0 Å². The van der Waals surface area contributed by atoms with Crippen molar-refractivity contribution >= 4 is 34.2 Å². The fraction of sp³-hybridized carbons (Fsp3) is 0.333. The Labute approximate surface area is 245 Å². The lowest BCUT2D eigenvalue weighted by Gasteiger charge is -2.26. The Bertz CT molecular complexity index is 1630. The summed E-state index contributed by atoms with van der Waals surface area (Å²) >= 11 is 0. The average Bonchev–Trinajstić information content (AvgIpc) is 3.41. The van der Waals surface area contributed by atoms with E-state index >= 15 is 0 Å². The fourth-order valence-electron chi connectivity index (χ4n) is 4.89. The van der Waals surface area contributed by atoms with Gasteiger partial charge in [0.05, 0.1) is 18.9 Å². The molecule has 0 aliphatic carbocycles. The van der Waals surface area contributed by atoms with Crippen LogP contribution in [0.3, 0.4) is 0 Å². The Hall–Kier alpha value is -4.34. The van der Waals surface area contributed by atoms with Gasteiger partial charge in [0.25, 0.3) is 17.6 Å². The molecule has 0 spiro atoms. The van der Waals surface area contributed by atoms with Crippen LogP contribution >= 0.6 is 0 Å². The number of aryl methyl sites for hydroxylation is 1. The number of benzene rings is 3. The van der Waals surface area contributed by atoms with Crippen LogP contribution in [0.4, 0.5) is 5.82 Å². The summed E-state index contributed by atoms with van der Waals surface area (Å²) in [4.78, 5) is 42.6. The van der Waals surface area contributed by atoms with E-state index in [1.54, 1.807) is 42.5 Å². The number of morpholine rings is 1. The molecular formula is C33H36N4O5. The summed E-state index contributed by atoms with van der Waals surface area (Å²) in [6, 6.07) is 19.5. The maximum Gasteiger partial charge on any atom is 0.297 e. The third-order valence-electron chi connectivity index (χ3n) is 7.28. The number of Topliss-reactive ketones (excluding diaryl/α,β-unsaturated/α-hetero) is 1. The largest absolute Gasteiger partial charge is 0.492 e. The molecule has 0 saturated carbocycles. The molecule has 1 aliphatic heterocycles. The molecular weight excluding hydrogens is 532 g/mol. The summed E-state index contributed by atoms with van der Waals surface area (Å²) < 4.78 is 12.7. The molecule has 0 unspecified atom stereocenters. The molecule has 3 aromatic carbocycles. The SMILES string of the molecule is Cc1cccc(C(=O)n2nc(C(C)(C)C)cc2NC(=O)C(=O)c2ccc(OCCN3CCOCC3)c3ccccc23)c1. The van der Waals surface area contributed by atoms with Gasteiger partial charge in [0.1, 0.15) is 18.2 Å². The summed E-state index contributed by atoms with van der Waals surface area (Å²) in [5.74, 6) is -1.20. The number of fused-ring (bicyclic) bond motifs is 1. The number of nitrogens with one attached hydrogen (secondary N) is 1. The van der Waals surface area contributed by atoms with Crippen molar-refractivity contribution in [1.29, 1.82) is 0 Å². The predicted molar refractivity (Wildman–Crippen MR) is 161 cm³/mol. The predicted octanol–water partition coefficient (Wildman–Crippen LogP) is 4.86. The van der Waals surface area contributed by atoms with Gasteiger partial charge in [-0.15, -0.1) is 0 Å². The molecule has 0 atom stereocenters. The van der Waals surface area contributed by atoms with Crippen molar-refractivity contribution in [3.05, 3.63) is 89.1 Å². The van der Waals surface area contributed by atoms with Gasteiger partial charge in [0.2, 0.25) is 0 Å². The van der Waals surface area contributed by atoms with Gasteiger partial charge in [-0.3, -0.25) is 19.3 Å². The Morgan fingerprint density at radius 3 is 2.40 bits per heavy atom. The summed E-state index contributed by atoms with van der Waals surface area (Å²) in [6.45, 7) is 12.2. The maximum atomic E-state index is 13.5. The van der Waals surface area contributed by atoms with Crippen LogP contribution in [0.15, 0.2) is 66.7 Å². The van der Waals surface area contributed by atoms with Crippen molar-refractivity contribution in [2.24, 2.45) is 0 Å². The monoisotopic (exact) mass is 568 g/mol. The lowest BCUT2D eigenvalue weighted by Crippen LogP contribution is -2.38. The van der Waals surface area contributed by atoms with Crippen LogP contribution in [0.5, 0.6) is 5.75 Å². The molecule has 5 rings (SSSR count). The van der Waals surface area contributed by atoms with Gasteiger partial charge < -0.3 is 14.8 Å². The third kappa shape index (κ3) is 6.42. The summed E-state index contributed by atoms with van der Waals surface area (Å²) in [5.41, 5.74) is 1.81. The average molecular weight is 569 g/mol. The Kier molecular flexibility index (Phi) is 8.51. The number of carbonyl (C=O) groups excluding carboxylic acids is 3. The third-order valence-corrected chi connectivity index (χ3v) is 7.28. The molecule has 0 radical (unpaired) electrons. The fourth-order valence-corrected chi connectivity index (χ4v) is 4.89. The zero-order valence-corrected chi connectivity index (χ0v) is 24.5. The molecule has 9 nitrogen and oxygen atoms in total. The Morgan fingerprint density at radius 1 is 0.952 bits per heavy atom. The minimum absolute atomic E-state index is 0.136. The molecule has 4 aromatic rings. The van der Waals surface area contributed by atoms with Gasteiger partial charge in [0.15, 0.2) is 0 Å². The summed E-state index contributed by atoms with van der Waals surface area (Å²) in [5, 5.41) is 8.53. The second-order valence-electron chi connectivity index (χ2n) is 11.5. The number of hydrogen-bond acceptors (Lipinski definition) is 7. The first-order valence-electron chi connectivity index (χ1n) is 14.1. The van der Waals surface area contributed by atoms with E-state index in [4.69, 9.17) is 9.47 Å². The zero-order chi connectivity index (χ0) is 29.9. The van der Waals surface area contributed by atoms with Crippen molar-refractivity contribution < 1.29 is 23.9 Å². The van der Waals surface area contributed by atoms with Crippen LogP contribution in [0.25, 0.3) is 10.8 Å². The molecule has 1 fully saturated rings. The molecule has 42 heavy (non-hydrogen) atoms. The first-order valence-corrected chi connectivity index (χ1v) is 14.1. The number of ketones is 1. The molecule has 1 amide bonds. The van der Waals surface area contributed by atoms with Crippen LogP contribution in [-0.2, 0) is 14.9 Å². The number of ether oxygens (including phenoxy) is 2. The number of carbonyl (C=O) groups is 3. The van der Waals surface area contributed by atoms with Gasteiger partial charge >= 0.3 is 0 Å². The second-order valence-corrected chi connectivity index (χ2v) is 11.5. The van der Waals surface area contributed by atoms with Crippen molar-refractivity contribution in [3.8, 4) is 5.75 Å². The minimum Gasteiger partial charge on any atom is -0.492 e. The number of anilines is 1. The number of hydrogen-bond donors (Lipinski definition) is 1. The van der Waals surface area contributed by atoms with Crippen molar-refractivity contribution in [1.82, 2.24) is 14.7 Å². The van der Waals surface area contributed by atoms with E-state index in [-0.39, 0.29) is 11.4 Å². The Morgan fingerprint density at radius 2 is 1.69 bits per heavy atom. The molecule has 218 valence electrons. The molecule has 9 heteroatoms. The first kappa shape index (κ1) is 29.2. The van der Waals surface area contributed by atoms with Gasteiger partial charge in [-0.2, -0.15) is 9.78 Å². The second kappa shape index (κ2) is 12.3. The molecule has 2 heterocycles. The summed E-state index contributed by atoms with van der Waals surface area (Å²) in [7, 11) is 0. The normalized spacial score (nSPS) is 14.1. The van der Waals surface area contributed by atoms with E-state index in [9.17, 15) is 14.4 Å².